The quantitative estimate of drug-likeness (QED) is 0.165. The van der Waals surface area contributed by atoms with Crippen LogP contribution in [-0.4, -0.2) is 6.71 Å². The molecule has 262 valence electrons. The highest BCUT2D eigenvalue weighted by Gasteiger charge is 2.51. The lowest BCUT2D eigenvalue weighted by Crippen LogP contribution is -2.61. The third-order valence-electron chi connectivity index (χ3n) is 14.7. The molecule has 0 N–H and O–H groups in total. The summed E-state index contributed by atoms with van der Waals surface area (Å²) >= 11 is 0. The van der Waals surface area contributed by atoms with E-state index in [1.165, 1.54) is 141 Å². The van der Waals surface area contributed by atoms with Gasteiger partial charge in [0.05, 0.1) is 0 Å². The Balaban J connectivity index is 1.08. The molecule has 7 aromatic carbocycles. The molecule has 2 fully saturated rings. The number of hydrogen-bond donors (Lipinski definition) is 0. The topological polar surface area (TPSA) is 6.48 Å². The molecular weight excluding hydrogens is 663 g/mol. The standard InChI is InChI=1S/C52H41BN2/c1-2-15-34(16-3-1)55-47-24-14-23-46-49(47)53(44-28-27-41-48(50(44)55)38-18-5-7-20-40(38)51(41)29-10-11-30-51)43-21-8-9-22-45(43)54(46)35-25-26-37-36-17-4-6-19-39(36)52(42(37)33-35)31-12-13-32-52/h1-9,14-28,33H,10-13,29-32H2. The Morgan fingerprint density at radius 1 is 0.400 bits per heavy atom. The Bertz CT molecular complexity index is 2750. The summed E-state index contributed by atoms with van der Waals surface area (Å²) in [7, 11) is 0. The fraction of sp³-hybridized carbons (Fsp3) is 0.192. The maximum Gasteiger partial charge on any atom is 0.252 e. The first-order valence-electron chi connectivity index (χ1n) is 20.7. The van der Waals surface area contributed by atoms with E-state index in [-0.39, 0.29) is 17.5 Å². The van der Waals surface area contributed by atoms with Gasteiger partial charge in [0.25, 0.3) is 6.71 Å². The fourth-order valence-corrected chi connectivity index (χ4v) is 12.6. The van der Waals surface area contributed by atoms with E-state index in [9.17, 15) is 0 Å². The van der Waals surface area contributed by atoms with Gasteiger partial charge in [-0.3, -0.25) is 0 Å². The predicted octanol–water partition coefficient (Wildman–Crippen LogP) is 11.5. The van der Waals surface area contributed by atoms with E-state index < -0.39 is 0 Å². The molecule has 2 nitrogen and oxygen atoms in total. The van der Waals surface area contributed by atoms with Gasteiger partial charge in [0, 0.05) is 50.5 Å². The zero-order valence-electron chi connectivity index (χ0n) is 31.1. The van der Waals surface area contributed by atoms with Crippen molar-refractivity contribution in [3.63, 3.8) is 0 Å². The number of fused-ring (bicyclic) bond motifs is 15. The van der Waals surface area contributed by atoms with Crippen LogP contribution in [0.1, 0.15) is 73.6 Å². The molecule has 0 unspecified atom stereocenters. The second-order valence-electron chi connectivity index (χ2n) is 17.0. The summed E-state index contributed by atoms with van der Waals surface area (Å²) in [5, 5.41) is 0. The summed E-state index contributed by atoms with van der Waals surface area (Å²) in [6.45, 7) is 0.117. The number of nitrogens with zero attached hydrogens (tertiary/aromatic N) is 2. The number of benzene rings is 7. The van der Waals surface area contributed by atoms with E-state index in [1.54, 1.807) is 5.56 Å². The first-order valence-corrected chi connectivity index (χ1v) is 20.7. The lowest BCUT2D eigenvalue weighted by Gasteiger charge is -2.45. The molecule has 2 aliphatic heterocycles. The van der Waals surface area contributed by atoms with E-state index in [2.05, 4.69) is 161 Å². The van der Waals surface area contributed by atoms with Crippen LogP contribution in [0.25, 0.3) is 22.3 Å². The molecule has 2 heterocycles. The predicted molar refractivity (Wildman–Crippen MR) is 230 cm³/mol. The van der Waals surface area contributed by atoms with Crippen LogP contribution in [0, 0.1) is 0 Å². The van der Waals surface area contributed by atoms with Crippen LogP contribution in [0.2, 0.25) is 0 Å². The lowest BCUT2D eigenvalue weighted by molar-refractivity contribution is 0.550. The summed E-state index contributed by atoms with van der Waals surface area (Å²) < 4.78 is 0. The molecule has 0 atom stereocenters. The van der Waals surface area contributed by atoms with E-state index >= 15 is 0 Å². The minimum atomic E-state index is 0.108. The van der Waals surface area contributed by atoms with Gasteiger partial charge in [-0.05, 0) is 123 Å². The fourth-order valence-electron chi connectivity index (χ4n) is 12.6. The molecule has 13 rings (SSSR count). The van der Waals surface area contributed by atoms with Crippen LogP contribution in [-0.2, 0) is 10.8 Å². The zero-order valence-corrected chi connectivity index (χ0v) is 31.1. The molecular formula is C52H41BN2. The minimum absolute atomic E-state index is 0.108. The molecule has 2 saturated carbocycles. The summed E-state index contributed by atoms with van der Waals surface area (Å²) in [6.07, 6.45) is 10.1. The van der Waals surface area contributed by atoms with Crippen LogP contribution in [0.15, 0.2) is 152 Å². The van der Waals surface area contributed by atoms with Crippen molar-refractivity contribution in [2.45, 2.75) is 62.2 Å². The van der Waals surface area contributed by atoms with Crippen molar-refractivity contribution in [1.29, 1.82) is 0 Å². The summed E-state index contributed by atoms with van der Waals surface area (Å²) in [4.78, 5) is 5.23. The molecule has 0 aromatic heterocycles. The molecule has 3 heteroatoms. The molecule has 0 radical (unpaired) electrons. The van der Waals surface area contributed by atoms with Gasteiger partial charge < -0.3 is 9.80 Å². The van der Waals surface area contributed by atoms with Crippen molar-refractivity contribution < 1.29 is 0 Å². The smallest absolute Gasteiger partial charge is 0.252 e. The third-order valence-corrected chi connectivity index (χ3v) is 14.7. The van der Waals surface area contributed by atoms with E-state index in [4.69, 9.17) is 0 Å². The van der Waals surface area contributed by atoms with Crippen LogP contribution in [0.4, 0.5) is 34.1 Å². The highest BCUT2D eigenvalue weighted by molar-refractivity contribution is 7.00. The minimum Gasteiger partial charge on any atom is -0.311 e. The molecule has 7 aromatic rings. The Labute approximate surface area is 324 Å². The molecule has 0 saturated heterocycles. The molecule has 55 heavy (non-hydrogen) atoms. The van der Waals surface area contributed by atoms with Gasteiger partial charge in [-0.25, -0.2) is 0 Å². The summed E-state index contributed by atoms with van der Waals surface area (Å²) in [5.41, 5.74) is 24.0. The van der Waals surface area contributed by atoms with Crippen molar-refractivity contribution in [3.05, 3.63) is 174 Å². The molecule has 0 bridgehead atoms. The Morgan fingerprint density at radius 2 is 1.00 bits per heavy atom. The third kappa shape index (κ3) is 3.77. The van der Waals surface area contributed by atoms with Gasteiger partial charge in [-0.15, -0.1) is 0 Å². The van der Waals surface area contributed by atoms with Crippen molar-refractivity contribution >= 4 is 57.2 Å². The van der Waals surface area contributed by atoms with Crippen LogP contribution >= 0.6 is 0 Å². The maximum absolute atomic E-state index is 2.63. The van der Waals surface area contributed by atoms with Crippen LogP contribution in [0.5, 0.6) is 0 Å². The average molecular weight is 705 g/mol. The van der Waals surface area contributed by atoms with Crippen molar-refractivity contribution in [2.24, 2.45) is 0 Å². The zero-order chi connectivity index (χ0) is 35.9. The number of hydrogen-bond acceptors (Lipinski definition) is 2. The van der Waals surface area contributed by atoms with Crippen molar-refractivity contribution in [3.8, 4) is 22.3 Å². The molecule has 6 aliphatic rings. The Hall–Kier alpha value is -5.80. The normalized spacial score (nSPS) is 18.1. The maximum atomic E-state index is 2.63. The van der Waals surface area contributed by atoms with E-state index in [1.807, 2.05) is 0 Å². The van der Waals surface area contributed by atoms with Gasteiger partial charge >= 0.3 is 0 Å². The van der Waals surface area contributed by atoms with Gasteiger partial charge in [0.1, 0.15) is 0 Å². The van der Waals surface area contributed by atoms with Crippen LogP contribution in [0.3, 0.4) is 0 Å². The highest BCUT2D eigenvalue weighted by Crippen LogP contribution is 2.61. The first-order chi connectivity index (χ1) is 27.3. The second-order valence-corrected chi connectivity index (χ2v) is 17.0. The first kappa shape index (κ1) is 30.5. The average Bonchev–Trinajstić information content (AvgIpc) is 4.05. The second kappa shape index (κ2) is 10.9. The number of rotatable bonds is 2. The van der Waals surface area contributed by atoms with Crippen LogP contribution < -0.4 is 26.2 Å². The number of anilines is 6. The highest BCUT2D eigenvalue weighted by atomic mass is 15.2. The number of para-hydroxylation sites is 2. The molecule has 0 amide bonds. The molecule has 2 spiro atoms. The summed E-state index contributed by atoms with van der Waals surface area (Å²) in [5.74, 6) is 0. The summed E-state index contributed by atoms with van der Waals surface area (Å²) in [6, 6.07) is 58.7. The van der Waals surface area contributed by atoms with E-state index in [0.717, 1.165) is 0 Å². The monoisotopic (exact) mass is 704 g/mol. The van der Waals surface area contributed by atoms with E-state index in [0.29, 0.717) is 0 Å². The van der Waals surface area contributed by atoms with Gasteiger partial charge in [-0.1, -0.05) is 135 Å². The van der Waals surface area contributed by atoms with Gasteiger partial charge in [0.15, 0.2) is 0 Å². The molecule has 4 aliphatic carbocycles. The lowest BCUT2D eigenvalue weighted by atomic mass is 9.33. The van der Waals surface area contributed by atoms with Gasteiger partial charge in [-0.2, -0.15) is 0 Å². The van der Waals surface area contributed by atoms with Crippen molar-refractivity contribution in [1.82, 2.24) is 0 Å². The van der Waals surface area contributed by atoms with Gasteiger partial charge in [0.2, 0.25) is 0 Å². The Kier molecular flexibility index (Phi) is 6.06. The van der Waals surface area contributed by atoms with Crippen molar-refractivity contribution in [2.75, 3.05) is 9.80 Å². The Morgan fingerprint density at radius 3 is 1.78 bits per heavy atom. The largest absolute Gasteiger partial charge is 0.311 e. The SMILES string of the molecule is c1ccc(N2c3cccc4c3B(c3ccccc3N4c3ccc4c(c3)C3(CCCC3)c3ccccc3-4)c3ccc4c(c32)-c2ccccc2C42CCCC2)cc1.